The number of piperidine rings is 1. The zero-order valence-corrected chi connectivity index (χ0v) is 16.3. The van der Waals surface area contributed by atoms with Crippen LogP contribution in [0.5, 0.6) is 11.5 Å². The van der Waals surface area contributed by atoms with Gasteiger partial charge < -0.3 is 9.47 Å². The van der Waals surface area contributed by atoms with E-state index in [2.05, 4.69) is 42.7 Å². The Morgan fingerprint density at radius 2 is 1.96 bits per heavy atom. The van der Waals surface area contributed by atoms with Crippen molar-refractivity contribution in [3.63, 3.8) is 0 Å². The van der Waals surface area contributed by atoms with Crippen molar-refractivity contribution in [3.05, 3.63) is 23.3 Å². The number of fused-ring (bicyclic) bond motifs is 3. The molecule has 3 atom stereocenters. The minimum absolute atomic E-state index is 0.258. The van der Waals surface area contributed by atoms with Gasteiger partial charge in [0.15, 0.2) is 11.5 Å². The summed E-state index contributed by atoms with van der Waals surface area (Å²) in [5.41, 5.74) is 2.66. The molecule has 3 rings (SSSR count). The molecule has 3 nitrogen and oxygen atoms in total. The summed E-state index contributed by atoms with van der Waals surface area (Å²) in [6.07, 6.45) is 3.14. The predicted octanol–water partition coefficient (Wildman–Crippen LogP) is 4.26. The van der Waals surface area contributed by atoms with Crippen molar-refractivity contribution >= 4 is 0 Å². The van der Waals surface area contributed by atoms with E-state index in [0.717, 1.165) is 43.9 Å². The maximum Gasteiger partial charge on any atom is 0.161 e. The van der Waals surface area contributed by atoms with E-state index in [0.29, 0.717) is 17.9 Å². The number of alkyl halides is 1. The van der Waals surface area contributed by atoms with E-state index in [-0.39, 0.29) is 5.92 Å². The number of methoxy groups -OCH3 is 2. The lowest BCUT2D eigenvalue weighted by molar-refractivity contribution is 0.0649. The first-order valence-corrected chi connectivity index (χ1v) is 9.60. The van der Waals surface area contributed by atoms with Gasteiger partial charge in [0.25, 0.3) is 0 Å². The molecule has 1 saturated heterocycles. The molecule has 0 bridgehead atoms. The zero-order chi connectivity index (χ0) is 18.7. The van der Waals surface area contributed by atoms with E-state index in [4.69, 9.17) is 9.47 Å². The molecule has 0 N–H and O–H groups in total. The molecule has 0 spiro atoms. The molecular weight excluding hydrogens is 329 g/mol. The maximum atomic E-state index is 12.7. The lowest BCUT2D eigenvalue weighted by Gasteiger charge is -2.46. The minimum Gasteiger partial charge on any atom is -0.493 e. The number of ether oxygens (including phenoxy) is 2. The second-order valence-electron chi connectivity index (χ2n) is 7.85. The van der Waals surface area contributed by atoms with Crippen LogP contribution in [0, 0.1) is 29.6 Å². The zero-order valence-electron chi connectivity index (χ0n) is 16.3. The highest BCUT2D eigenvalue weighted by Crippen LogP contribution is 2.45. The van der Waals surface area contributed by atoms with Gasteiger partial charge in [-0.05, 0) is 54.4 Å². The van der Waals surface area contributed by atoms with Gasteiger partial charge in [0.1, 0.15) is 6.67 Å². The topological polar surface area (TPSA) is 21.7 Å². The van der Waals surface area contributed by atoms with Gasteiger partial charge in [-0.25, -0.2) is 4.39 Å². The summed E-state index contributed by atoms with van der Waals surface area (Å²) < 4.78 is 23.7. The van der Waals surface area contributed by atoms with Gasteiger partial charge in [0.2, 0.25) is 0 Å². The van der Waals surface area contributed by atoms with Crippen molar-refractivity contribution in [3.8, 4) is 23.3 Å². The van der Waals surface area contributed by atoms with Crippen LogP contribution in [0.1, 0.15) is 43.9 Å². The Morgan fingerprint density at radius 3 is 2.62 bits per heavy atom. The molecule has 0 aromatic heterocycles. The van der Waals surface area contributed by atoms with Gasteiger partial charge in [-0.1, -0.05) is 25.7 Å². The quantitative estimate of drug-likeness (QED) is 0.750. The molecule has 2 heterocycles. The fraction of sp³-hybridized carbons (Fsp3) is 0.636. The summed E-state index contributed by atoms with van der Waals surface area (Å²) in [5.74, 6) is 8.92. The Kier molecular flexibility index (Phi) is 6.09. The van der Waals surface area contributed by atoms with Crippen LogP contribution in [0.2, 0.25) is 0 Å². The second kappa shape index (κ2) is 8.31. The summed E-state index contributed by atoms with van der Waals surface area (Å²) in [6.45, 7) is 6.07. The highest BCUT2D eigenvalue weighted by atomic mass is 19.1. The fourth-order valence-corrected chi connectivity index (χ4v) is 4.63. The molecule has 4 heteroatoms. The van der Waals surface area contributed by atoms with Crippen LogP contribution in [-0.4, -0.2) is 38.9 Å². The van der Waals surface area contributed by atoms with E-state index in [1.54, 1.807) is 14.2 Å². The highest BCUT2D eigenvalue weighted by molar-refractivity contribution is 5.49. The Morgan fingerprint density at radius 1 is 1.23 bits per heavy atom. The molecule has 0 amide bonds. The number of hydrogen-bond acceptors (Lipinski definition) is 3. The van der Waals surface area contributed by atoms with Gasteiger partial charge >= 0.3 is 0 Å². The molecule has 1 aromatic rings. The van der Waals surface area contributed by atoms with E-state index >= 15 is 0 Å². The number of nitrogens with zero attached hydrogens (tertiary/aromatic N) is 1. The highest BCUT2D eigenvalue weighted by Gasteiger charge is 2.38. The van der Waals surface area contributed by atoms with Crippen LogP contribution >= 0.6 is 0 Å². The molecule has 0 saturated carbocycles. The van der Waals surface area contributed by atoms with Crippen molar-refractivity contribution in [2.24, 2.45) is 17.8 Å². The SMILES string of the molecule is COc1cc2c(cc1OC)C1CC(C#CCF)C(CC(C)C)CN1CC2. The summed E-state index contributed by atoms with van der Waals surface area (Å²) in [5, 5.41) is 0. The lowest BCUT2D eigenvalue weighted by Crippen LogP contribution is -2.46. The molecule has 142 valence electrons. The van der Waals surface area contributed by atoms with Gasteiger partial charge in [-0.2, -0.15) is 0 Å². The van der Waals surface area contributed by atoms with Gasteiger partial charge in [-0.15, -0.1) is 0 Å². The first-order chi connectivity index (χ1) is 12.6. The first kappa shape index (κ1) is 19.0. The van der Waals surface area contributed by atoms with Crippen LogP contribution in [0.25, 0.3) is 0 Å². The minimum atomic E-state index is -0.555. The smallest absolute Gasteiger partial charge is 0.161 e. The standard InChI is InChI=1S/C22H30FNO2/c1-15(2)10-18-14-24-9-7-17-12-21(25-3)22(26-4)13-19(17)20(24)11-16(18)6-5-8-23/h12-13,15-16,18,20H,7-11,14H2,1-4H3. The average Bonchev–Trinajstić information content (AvgIpc) is 2.64. The van der Waals surface area contributed by atoms with E-state index < -0.39 is 6.67 Å². The van der Waals surface area contributed by atoms with Crippen LogP contribution in [0.4, 0.5) is 4.39 Å². The predicted molar refractivity (Wildman–Crippen MR) is 102 cm³/mol. The molecule has 1 fully saturated rings. The van der Waals surface area contributed by atoms with Crippen molar-refractivity contribution in [2.75, 3.05) is 34.0 Å². The number of benzene rings is 1. The third-order valence-corrected chi connectivity index (χ3v) is 5.76. The van der Waals surface area contributed by atoms with E-state index in [1.807, 2.05) is 0 Å². The molecule has 3 unspecified atom stereocenters. The average molecular weight is 359 g/mol. The van der Waals surface area contributed by atoms with Gasteiger partial charge in [0.05, 0.1) is 14.2 Å². The normalized spacial score (nSPS) is 25.1. The third kappa shape index (κ3) is 3.83. The lowest BCUT2D eigenvalue weighted by atomic mass is 9.74. The van der Waals surface area contributed by atoms with Crippen LogP contribution in [0.15, 0.2) is 12.1 Å². The Bertz CT molecular complexity index is 691. The van der Waals surface area contributed by atoms with Crippen molar-refractivity contribution < 1.29 is 13.9 Å². The van der Waals surface area contributed by atoms with Crippen molar-refractivity contribution in [1.29, 1.82) is 0 Å². The maximum absolute atomic E-state index is 12.7. The molecule has 0 aliphatic carbocycles. The number of rotatable bonds is 4. The molecule has 1 aromatic carbocycles. The number of hydrogen-bond donors (Lipinski definition) is 0. The monoisotopic (exact) mass is 359 g/mol. The second-order valence-corrected chi connectivity index (χ2v) is 7.85. The molecule has 2 aliphatic rings. The van der Waals surface area contributed by atoms with Gasteiger partial charge in [0, 0.05) is 25.0 Å². The summed E-state index contributed by atoms with van der Waals surface area (Å²) in [6, 6.07) is 4.59. The largest absolute Gasteiger partial charge is 0.493 e. The Hall–Kier alpha value is -1.73. The first-order valence-electron chi connectivity index (χ1n) is 9.60. The van der Waals surface area contributed by atoms with E-state index in [1.165, 1.54) is 11.1 Å². The van der Waals surface area contributed by atoms with E-state index in [9.17, 15) is 4.39 Å². The van der Waals surface area contributed by atoms with Crippen molar-refractivity contribution in [2.45, 2.75) is 39.2 Å². The van der Waals surface area contributed by atoms with Crippen LogP contribution in [-0.2, 0) is 6.42 Å². The molecule has 2 aliphatic heterocycles. The van der Waals surface area contributed by atoms with Crippen LogP contribution in [0.3, 0.4) is 0 Å². The Labute approximate surface area is 156 Å². The van der Waals surface area contributed by atoms with Crippen molar-refractivity contribution in [1.82, 2.24) is 4.90 Å². The molecular formula is C22H30FNO2. The summed E-state index contributed by atoms with van der Waals surface area (Å²) in [7, 11) is 3.36. The van der Waals surface area contributed by atoms with Gasteiger partial charge in [-0.3, -0.25) is 4.90 Å². The fourth-order valence-electron chi connectivity index (χ4n) is 4.63. The van der Waals surface area contributed by atoms with Crippen LogP contribution < -0.4 is 9.47 Å². The third-order valence-electron chi connectivity index (χ3n) is 5.76. The summed E-state index contributed by atoms with van der Waals surface area (Å²) in [4.78, 5) is 2.59. The molecule has 26 heavy (non-hydrogen) atoms. The molecule has 0 radical (unpaired) electrons. The Balaban J connectivity index is 1.92. The number of halogens is 1. The summed E-state index contributed by atoms with van der Waals surface area (Å²) >= 11 is 0.